The highest BCUT2D eigenvalue weighted by Crippen LogP contribution is 2.32. The van der Waals surface area contributed by atoms with Crippen LogP contribution in [0.1, 0.15) is 18.0 Å². The zero-order chi connectivity index (χ0) is 13.8. The monoisotopic (exact) mass is 284 g/mol. The highest BCUT2D eigenvalue weighted by molar-refractivity contribution is 6.30. The molecule has 0 fully saturated rings. The Bertz CT molecular complexity index is 580. The Morgan fingerprint density at radius 3 is 2.30 bits per heavy atom. The van der Waals surface area contributed by atoms with Gasteiger partial charge < -0.3 is 4.90 Å². The molecule has 2 nitrogen and oxygen atoms in total. The summed E-state index contributed by atoms with van der Waals surface area (Å²) in [5.41, 5.74) is 2.47. The topological polar surface area (TPSA) is 15.6 Å². The van der Waals surface area contributed by atoms with Crippen LogP contribution in [0, 0.1) is 0 Å². The molecule has 1 heterocycles. The summed E-state index contributed by atoms with van der Waals surface area (Å²) in [7, 11) is 0. The molecular formula is C17H17ClN2. The molecule has 0 saturated heterocycles. The van der Waals surface area contributed by atoms with Crippen molar-refractivity contribution in [1.29, 1.82) is 0 Å². The Hall–Kier alpha value is -1.80. The first-order chi connectivity index (χ1) is 9.90. The van der Waals surface area contributed by atoms with Gasteiger partial charge in [-0.05, 0) is 24.1 Å². The molecule has 2 aromatic rings. The summed E-state index contributed by atoms with van der Waals surface area (Å²) >= 11 is 6.11. The highest BCUT2D eigenvalue weighted by atomic mass is 35.5. The fourth-order valence-corrected chi connectivity index (χ4v) is 2.93. The van der Waals surface area contributed by atoms with E-state index in [1.54, 1.807) is 0 Å². The van der Waals surface area contributed by atoms with Crippen LogP contribution >= 0.6 is 11.6 Å². The molecule has 0 radical (unpaired) electrons. The van der Waals surface area contributed by atoms with Gasteiger partial charge in [0.1, 0.15) is 5.84 Å². The van der Waals surface area contributed by atoms with Crippen LogP contribution in [0.3, 0.4) is 0 Å². The zero-order valence-electron chi connectivity index (χ0n) is 11.2. The first kappa shape index (κ1) is 13.2. The van der Waals surface area contributed by atoms with Gasteiger partial charge >= 0.3 is 0 Å². The minimum absolute atomic E-state index is 0.310. The second-order valence-corrected chi connectivity index (χ2v) is 5.12. The van der Waals surface area contributed by atoms with Crippen molar-refractivity contribution in [3.05, 3.63) is 66.2 Å². The van der Waals surface area contributed by atoms with Crippen molar-refractivity contribution in [3.8, 4) is 0 Å². The summed E-state index contributed by atoms with van der Waals surface area (Å²) in [5, 5.41) is 0. The molecule has 20 heavy (non-hydrogen) atoms. The number of aliphatic imine (C=N–C) groups is 1. The fourth-order valence-electron chi connectivity index (χ4n) is 2.72. The smallest absolute Gasteiger partial charge is 0.119 e. The van der Waals surface area contributed by atoms with E-state index in [1.165, 1.54) is 5.56 Å². The van der Waals surface area contributed by atoms with E-state index in [1.807, 2.05) is 6.07 Å². The molecule has 0 amide bonds. The summed E-state index contributed by atoms with van der Waals surface area (Å²) < 4.78 is 0. The molecule has 1 atom stereocenters. The molecule has 1 unspecified atom stereocenters. The van der Waals surface area contributed by atoms with Crippen molar-refractivity contribution >= 4 is 23.1 Å². The van der Waals surface area contributed by atoms with Crippen molar-refractivity contribution in [3.63, 3.8) is 0 Å². The molecule has 0 N–H and O–H groups in total. The molecule has 0 aliphatic carbocycles. The number of hydrogen-bond acceptors (Lipinski definition) is 2. The molecule has 3 rings (SSSR count). The van der Waals surface area contributed by atoms with E-state index in [9.17, 15) is 0 Å². The third-order valence-electron chi connectivity index (χ3n) is 3.62. The Morgan fingerprint density at radius 1 is 1.00 bits per heavy atom. The SMILES string of the molecule is ClCC1=NCCC(c2ccccc2)N1c1ccccc1. The molecule has 0 bridgehead atoms. The number of benzene rings is 2. The Kier molecular flexibility index (Phi) is 4.03. The van der Waals surface area contributed by atoms with Gasteiger partial charge in [0.2, 0.25) is 0 Å². The average molecular weight is 285 g/mol. The van der Waals surface area contributed by atoms with Gasteiger partial charge in [0, 0.05) is 12.2 Å². The van der Waals surface area contributed by atoms with Crippen molar-refractivity contribution < 1.29 is 0 Å². The van der Waals surface area contributed by atoms with Crippen LogP contribution in [-0.4, -0.2) is 18.3 Å². The van der Waals surface area contributed by atoms with Crippen LogP contribution in [0.4, 0.5) is 5.69 Å². The molecule has 1 aliphatic heterocycles. The summed E-state index contributed by atoms with van der Waals surface area (Å²) in [4.78, 5) is 6.86. The maximum Gasteiger partial charge on any atom is 0.119 e. The van der Waals surface area contributed by atoms with Gasteiger partial charge in [-0.1, -0.05) is 48.5 Å². The number of rotatable bonds is 3. The van der Waals surface area contributed by atoms with Crippen LogP contribution in [0.15, 0.2) is 65.7 Å². The Morgan fingerprint density at radius 2 is 1.65 bits per heavy atom. The maximum absolute atomic E-state index is 6.11. The standard InChI is InChI=1S/C17H17ClN2/c18-13-17-19-12-11-16(14-7-3-1-4-8-14)20(17)15-9-5-2-6-10-15/h1-10,16H,11-13H2. The van der Waals surface area contributed by atoms with Crippen LogP contribution in [-0.2, 0) is 0 Å². The van der Waals surface area contributed by atoms with Gasteiger partial charge in [-0.25, -0.2) is 0 Å². The normalized spacial score (nSPS) is 18.8. The lowest BCUT2D eigenvalue weighted by molar-refractivity contribution is 0.624. The van der Waals surface area contributed by atoms with Gasteiger partial charge in [0.05, 0.1) is 11.9 Å². The molecule has 3 heteroatoms. The maximum atomic E-state index is 6.11. The van der Waals surface area contributed by atoms with E-state index in [-0.39, 0.29) is 0 Å². The predicted molar refractivity (Wildman–Crippen MR) is 85.7 cm³/mol. The molecule has 0 saturated carbocycles. The first-order valence-electron chi connectivity index (χ1n) is 6.88. The van der Waals surface area contributed by atoms with E-state index >= 15 is 0 Å². The van der Waals surface area contributed by atoms with Gasteiger partial charge in [0.25, 0.3) is 0 Å². The van der Waals surface area contributed by atoms with E-state index in [2.05, 4.69) is 64.5 Å². The lowest BCUT2D eigenvalue weighted by Crippen LogP contribution is -2.39. The summed E-state index contributed by atoms with van der Waals surface area (Å²) in [6.45, 7) is 0.838. The van der Waals surface area contributed by atoms with Gasteiger partial charge in [-0.2, -0.15) is 0 Å². The highest BCUT2D eigenvalue weighted by Gasteiger charge is 2.27. The van der Waals surface area contributed by atoms with Gasteiger partial charge in [-0.15, -0.1) is 11.6 Å². The first-order valence-corrected chi connectivity index (χ1v) is 7.42. The van der Waals surface area contributed by atoms with Crippen LogP contribution in [0.25, 0.3) is 0 Å². The number of anilines is 1. The second kappa shape index (κ2) is 6.10. The van der Waals surface area contributed by atoms with E-state index in [4.69, 9.17) is 11.6 Å². The van der Waals surface area contributed by atoms with E-state index in [0.29, 0.717) is 11.9 Å². The summed E-state index contributed by atoms with van der Waals surface area (Å²) in [6.07, 6.45) is 1.01. The lowest BCUT2D eigenvalue weighted by Gasteiger charge is -2.37. The minimum Gasteiger partial charge on any atom is -0.322 e. The van der Waals surface area contributed by atoms with Crippen molar-refractivity contribution in [2.75, 3.05) is 17.3 Å². The molecule has 0 aromatic heterocycles. The Balaban J connectivity index is 2.03. The third-order valence-corrected chi connectivity index (χ3v) is 3.86. The van der Waals surface area contributed by atoms with Gasteiger partial charge in [-0.3, -0.25) is 4.99 Å². The number of amidine groups is 1. The molecule has 1 aliphatic rings. The van der Waals surface area contributed by atoms with Crippen LogP contribution in [0.5, 0.6) is 0 Å². The third kappa shape index (κ3) is 2.56. The number of para-hydroxylation sites is 1. The van der Waals surface area contributed by atoms with Crippen molar-refractivity contribution in [2.45, 2.75) is 12.5 Å². The van der Waals surface area contributed by atoms with E-state index in [0.717, 1.165) is 24.5 Å². The van der Waals surface area contributed by atoms with E-state index < -0.39 is 0 Å². The molecule has 0 spiro atoms. The number of hydrogen-bond donors (Lipinski definition) is 0. The van der Waals surface area contributed by atoms with Crippen molar-refractivity contribution in [2.24, 2.45) is 4.99 Å². The Labute approximate surface area is 124 Å². The molecular weight excluding hydrogens is 268 g/mol. The van der Waals surface area contributed by atoms with Crippen LogP contribution < -0.4 is 4.90 Å². The quantitative estimate of drug-likeness (QED) is 0.768. The minimum atomic E-state index is 0.310. The molecule has 2 aromatic carbocycles. The zero-order valence-corrected chi connectivity index (χ0v) is 12.0. The summed E-state index contributed by atoms with van der Waals surface area (Å²) in [5.74, 6) is 1.40. The molecule has 102 valence electrons. The summed E-state index contributed by atoms with van der Waals surface area (Å²) in [6, 6.07) is 21.3. The van der Waals surface area contributed by atoms with Gasteiger partial charge in [0.15, 0.2) is 0 Å². The number of alkyl halides is 1. The van der Waals surface area contributed by atoms with Crippen LogP contribution in [0.2, 0.25) is 0 Å². The predicted octanol–water partition coefficient (Wildman–Crippen LogP) is 4.28. The number of nitrogens with zero attached hydrogens (tertiary/aromatic N) is 2. The fraction of sp³-hybridized carbons (Fsp3) is 0.235. The largest absolute Gasteiger partial charge is 0.322 e. The average Bonchev–Trinajstić information content (AvgIpc) is 2.55. The number of halogens is 1. The second-order valence-electron chi connectivity index (χ2n) is 4.85. The van der Waals surface area contributed by atoms with Crippen molar-refractivity contribution in [1.82, 2.24) is 0 Å². The lowest BCUT2D eigenvalue weighted by atomic mass is 9.99.